The summed E-state index contributed by atoms with van der Waals surface area (Å²) < 4.78 is 5.24. The molecule has 2 heterocycles. The van der Waals surface area contributed by atoms with Crippen molar-refractivity contribution in [1.82, 2.24) is 20.4 Å². The summed E-state index contributed by atoms with van der Waals surface area (Å²) in [6, 6.07) is 7.66. The van der Waals surface area contributed by atoms with Gasteiger partial charge in [0.25, 0.3) is 0 Å². The van der Waals surface area contributed by atoms with Crippen LogP contribution in [-0.4, -0.2) is 40.6 Å². The first-order valence-corrected chi connectivity index (χ1v) is 9.16. The van der Waals surface area contributed by atoms with E-state index in [4.69, 9.17) is 4.74 Å². The molecule has 1 fully saturated rings. The Kier molecular flexibility index (Phi) is 5.78. The SMILES string of the molecule is COc1cccc(CN2CC(C(=O)NCc3c(C)n[nH]c3C)CCC2=O)c1. The second-order valence-corrected chi connectivity index (χ2v) is 6.99. The van der Waals surface area contributed by atoms with Crippen molar-refractivity contribution in [2.75, 3.05) is 13.7 Å². The molecule has 0 spiro atoms. The lowest BCUT2D eigenvalue weighted by Crippen LogP contribution is -2.45. The summed E-state index contributed by atoms with van der Waals surface area (Å²) in [6.07, 6.45) is 0.981. The Morgan fingerprint density at radius 3 is 2.93 bits per heavy atom. The molecule has 7 nitrogen and oxygen atoms in total. The minimum Gasteiger partial charge on any atom is -0.497 e. The maximum atomic E-state index is 12.6. The number of aromatic nitrogens is 2. The molecule has 7 heteroatoms. The topological polar surface area (TPSA) is 87.3 Å². The molecule has 2 amide bonds. The number of nitrogens with zero attached hydrogens (tertiary/aromatic N) is 2. The van der Waals surface area contributed by atoms with E-state index in [1.165, 1.54) is 0 Å². The molecule has 1 aromatic carbocycles. The number of carbonyl (C=O) groups is 2. The van der Waals surface area contributed by atoms with Crippen molar-refractivity contribution in [1.29, 1.82) is 0 Å². The van der Waals surface area contributed by atoms with Crippen molar-refractivity contribution < 1.29 is 14.3 Å². The molecule has 0 bridgehead atoms. The van der Waals surface area contributed by atoms with Crippen LogP contribution in [0.5, 0.6) is 5.75 Å². The Hall–Kier alpha value is -2.83. The van der Waals surface area contributed by atoms with Crippen LogP contribution in [0.15, 0.2) is 24.3 Å². The normalized spacial score (nSPS) is 17.1. The molecule has 0 radical (unpaired) electrons. The van der Waals surface area contributed by atoms with Crippen LogP contribution in [-0.2, 0) is 22.7 Å². The summed E-state index contributed by atoms with van der Waals surface area (Å²) >= 11 is 0. The predicted octanol–water partition coefficient (Wildman–Crippen LogP) is 2.09. The Balaban J connectivity index is 1.60. The molecule has 0 saturated carbocycles. The van der Waals surface area contributed by atoms with Crippen LogP contribution >= 0.6 is 0 Å². The minimum absolute atomic E-state index is 0.0156. The molecule has 27 heavy (non-hydrogen) atoms. The van der Waals surface area contributed by atoms with E-state index in [1.807, 2.05) is 38.1 Å². The molecular formula is C20H26N4O3. The average Bonchev–Trinajstić information content (AvgIpc) is 2.99. The minimum atomic E-state index is -0.194. The van der Waals surface area contributed by atoms with Crippen molar-refractivity contribution in [2.24, 2.45) is 5.92 Å². The highest BCUT2D eigenvalue weighted by Gasteiger charge is 2.30. The van der Waals surface area contributed by atoms with E-state index < -0.39 is 0 Å². The third kappa shape index (κ3) is 4.48. The number of nitrogens with one attached hydrogen (secondary N) is 2. The van der Waals surface area contributed by atoms with Crippen molar-refractivity contribution in [3.05, 3.63) is 46.8 Å². The Labute approximate surface area is 159 Å². The number of likely N-dealkylation sites (tertiary alicyclic amines) is 1. The Bertz CT molecular complexity index is 811. The summed E-state index contributed by atoms with van der Waals surface area (Å²) in [4.78, 5) is 26.7. The molecule has 1 saturated heterocycles. The van der Waals surface area contributed by atoms with E-state index >= 15 is 0 Å². The molecular weight excluding hydrogens is 344 g/mol. The van der Waals surface area contributed by atoms with E-state index in [1.54, 1.807) is 12.0 Å². The molecule has 0 aliphatic carbocycles. The number of aryl methyl sites for hydroxylation is 2. The quantitative estimate of drug-likeness (QED) is 0.815. The first-order chi connectivity index (χ1) is 13.0. The lowest BCUT2D eigenvalue weighted by Gasteiger charge is -2.32. The Morgan fingerprint density at radius 1 is 1.41 bits per heavy atom. The molecule has 144 valence electrons. The van der Waals surface area contributed by atoms with Crippen molar-refractivity contribution >= 4 is 11.8 Å². The maximum absolute atomic E-state index is 12.6. The lowest BCUT2D eigenvalue weighted by molar-refractivity contribution is -0.139. The summed E-state index contributed by atoms with van der Waals surface area (Å²) in [6.45, 7) is 5.23. The van der Waals surface area contributed by atoms with Crippen LogP contribution in [0.2, 0.25) is 0 Å². The van der Waals surface area contributed by atoms with E-state index in [0.29, 0.717) is 32.5 Å². The zero-order chi connectivity index (χ0) is 19.4. The van der Waals surface area contributed by atoms with Gasteiger partial charge >= 0.3 is 0 Å². The molecule has 1 aliphatic heterocycles. The van der Waals surface area contributed by atoms with Crippen LogP contribution in [0, 0.1) is 19.8 Å². The first kappa shape index (κ1) is 18.9. The number of methoxy groups -OCH3 is 1. The summed E-state index contributed by atoms with van der Waals surface area (Å²) in [5, 5.41) is 10.1. The first-order valence-electron chi connectivity index (χ1n) is 9.16. The Morgan fingerprint density at radius 2 is 2.22 bits per heavy atom. The van der Waals surface area contributed by atoms with E-state index in [9.17, 15) is 9.59 Å². The number of hydrogen-bond acceptors (Lipinski definition) is 4. The smallest absolute Gasteiger partial charge is 0.225 e. The van der Waals surface area contributed by atoms with Crippen LogP contribution in [0.4, 0.5) is 0 Å². The summed E-state index contributed by atoms with van der Waals surface area (Å²) in [5.74, 6) is 0.638. The molecule has 2 N–H and O–H groups in total. The third-order valence-corrected chi connectivity index (χ3v) is 5.10. The van der Waals surface area contributed by atoms with Gasteiger partial charge in [0.2, 0.25) is 11.8 Å². The fourth-order valence-electron chi connectivity index (χ4n) is 3.43. The zero-order valence-electron chi connectivity index (χ0n) is 16.0. The number of carbonyl (C=O) groups excluding carboxylic acids is 2. The van der Waals surface area contributed by atoms with Gasteiger partial charge in [0.05, 0.1) is 18.7 Å². The number of rotatable bonds is 6. The van der Waals surface area contributed by atoms with Crippen molar-refractivity contribution in [2.45, 2.75) is 39.8 Å². The van der Waals surface area contributed by atoms with Crippen LogP contribution in [0.1, 0.15) is 35.4 Å². The average molecular weight is 370 g/mol. The van der Waals surface area contributed by atoms with Gasteiger partial charge in [-0.2, -0.15) is 5.10 Å². The number of benzene rings is 1. The van der Waals surface area contributed by atoms with Crippen LogP contribution in [0.25, 0.3) is 0 Å². The highest BCUT2D eigenvalue weighted by atomic mass is 16.5. The second kappa shape index (κ2) is 8.24. The van der Waals surface area contributed by atoms with Gasteiger partial charge in [0, 0.05) is 37.3 Å². The van der Waals surface area contributed by atoms with Crippen molar-refractivity contribution in [3.8, 4) is 5.75 Å². The van der Waals surface area contributed by atoms with Gasteiger partial charge < -0.3 is 15.0 Å². The largest absolute Gasteiger partial charge is 0.497 e. The highest BCUT2D eigenvalue weighted by molar-refractivity contribution is 5.83. The van der Waals surface area contributed by atoms with E-state index in [2.05, 4.69) is 15.5 Å². The number of piperidine rings is 1. The van der Waals surface area contributed by atoms with Gasteiger partial charge in [-0.25, -0.2) is 0 Å². The standard InChI is InChI=1S/C20H26N4O3/c1-13-18(14(2)23-22-13)10-21-20(26)16-7-8-19(25)24(12-16)11-15-5-4-6-17(9-15)27-3/h4-6,9,16H,7-8,10-12H2,1-3H3,(H,21,26)(H,22,23). The number of amides is 2. The van der Waals surface area contributed by atoms with E-state index in [0.717, 1.165) is 28.3 Å². The molecule has 1 aliphatic rings. The number of aromatic amines is 1. The number of hydrogen-bond donors (Lipinski definition) is 2. The molecule has 3 rings (SSSR count). The highest BCUT2D eigenvalue weighted by Crippen LogP contribution is 2.22. The van der Waals surface area contributed by atoms with Gasteiger partial charge in [-0.1, -0.05) is 12.1 Å². The second-order valence-electron chi connectivity index (χ2n) is 6.99. The van der Waals surface area contributed by atoms with Crippen LogP contribution in [0.3, 0.4) is 0 Å². The van der Waals surface area contributed by atoms with Gasteiger partial charge in [0.15, 0.2) is 0 Å². The van der Waals surface area contributed by atoms with Crippen molar-refractivity contribution in [3.63, 3.8) is 0 Å². The van der Waals surface area contributed by atoms with Gasteiger partial charge in [-0.3, -0.25) is 14.7 Å². The van der Waals surface area contributed by atoms with Gasteiger partial charge in [-0.15, -0.1) is 0 Å². The lowest BCUT2D eigenvalue weighted by atomic mass is 9.96. The number of H-pyrrole nitrogens is 1. The third-order valence-electron chi connectivity index (χ3n) is 5.10. The fourth-order valence-corrected chi connectivity index (χ4v) is 3.43. The number of ether oxygens (including phenoxy) is 1. The maximum Gasteiger partial charge on any atom is 0.225 e. The predicted molar refractivity (Wildman–Crippen MR) is 101 cm³/mol. The fraction of sp³-hybridized carbons (Fsp3) is 0.450. The van der Waals surface area contributed by atoms with Gasteiger partial charge in [-0.05, 0) is 38.0 Å². The summed E-state index contributed by atoms with van der Waals surface area (Å²) in [7, 11) is 1.62. The van der Waals surface area contributed by atoms with Gasteiger partial charge in [0.1, 0.15) is 5.75 Å². The molecule has 1 aromatic heterocycles. The molecule has 1 unspecified atom stereocenters. The monoisotopic (exact) mass is 370 g/mol. The van der Waals surface area contributed by atoms with E-state index in [-0.39, 0.29) is 17.7 Å². The summed E-state index contributed by atoms with van der Waals surface area (Å²) in [5.41, 5.74) is 3.87. The van der Waals surface area contributed by atoms with Crippen LogP contribution < -0.4 is 10.1 Å². The zero-order valence-corrected chi connectivity index (χ0v) is 16.0. The molecule has 2 aromatic rings. The molecule has 1 atom stereocenters.